The normalized spacial score (nSPS) is 20.0. The van der Waals surface area contributed by atoms with Crippen LogP contribution in [0.1, 0.15) is 52.5 Å². The number of hydrogen-bond acceptors (Lipinski definition) is 4. The Bertz CT molecular complexity index is 595. The van der Waals surface area contributed by atoms with Crippen LogP contribution < -0.4 is 16.6 Å². The number of benzene rings is 1. The fourth-order valence-corrected chi connectivity index (χ4v) is 4.09. The van der Waals surface area contributed by atoms with Gasteiger partial charge < -0.3 is 5.32 Å². The molecule has 1 fully saturated rings. The molecule has 0 radical (unpaired) electrons. The van der Waals surface area contributed by atoms with Crippen molar-refractivity contribution in [2.24, 2.45) is 5.84 Å². The molecule has 6 heteroatoms. The van der Waals surface area contributed by atoms with E-state index in [1.54, 1.807) is 0 Å². The first-order chi connectivity index (χ1) is 11.6. The van der Waals surface area contributed by atoms with Crippen LogP contribution in [-0.4, -0.2) is 33.8 Å². The van der Waals surface area contributed by atoms with E-state index < -0.39 is 5.91 Å². The van der Waals surface area contributed by atoms with E-state index in [9.17, 15) is 9.59 Å². The highest BCUT2D eigenvalue weighted by Gasteiger charge is 2.45. The van der Waals surface area contributed by atoms with Crippen LogP contribution in [0.15, 0.2) is 30.3 Å². The van der Waals surface area contributed by atoms with E-state index in [1.807, 2.05) is 11.5 Å². The fourth-order valence-electron chi connectivity index (χ4n) is 4.09. The van der Waals surface area contributed by atoms with Crippen molar-refractivity contribution in [3.05, 3.63) is 35.9 Å². The van der Waals surface area contributed by atoms with Crippen LogP contribution in [0.2, 0.25) is 0 Å². The number of hydrazine groups is 1. The highest BCUT2D eigenvalue weighted by molar-refractivity contribution is 5.96. The lowest BCUT2D eigenvalue weighted by molar-refractivity contribution is -0.130. The maximum absolute atomic E-state index is 12.0. The predicted octanol–water partition coefficient (Wildman–Crippen LogP) is 1.70. The SMILES string of the molecule is CC1(C)CC(NC(=O)CC(=O)NN)CC(C)(C)N1Cc1ccccc1. The smallest absolute Gasteiger partial charge is 0.243 e. The van der Waals surface area contributed by atoms with Crippen molar-refractivity contribution in [2.45, 2.75) is 70.6 Å². The second-order valence-corrected chi connectivity index (χ2v) is 8.11. The standard InChI is InChI=1S/C19H30N4O2/c1-18(2)11-15(21-16(24)10-17(25)22-20)12-19(3,4)23(18)13-14-8-6-5-7-9-14/h5-9,15H,10-13,20H2,1-4H3,(H,21,24)(H,22,25). The predicted molar refractivity (Wildman–Crippen MR) is 98.3 cm³/mol. The number of amides is 2. The first-order valence-electron chi connectivity index (χ1n) is 8.74. The van der Waals surface area contributed by atoms with E-state index >= 15 is 0 Å². The molecule has 0 atom stereocenters. The Balaban J connectivity index is 2.08. The summed E-state index contributed by atoms with van der Waals surface area (Å²) in [5.74, 6) is 4.29. The lowest BCUT2D eigenvalue weighted by Crippen LogP contribution is -2.63. The van der Waals surface area contributed by atoms with Crippen LogP contribution in [0.3, 0.4) is 0 Å². The lowest BCUT2D eigenvalue weighted by atomic mass is 9.76. The van der Waals surface area contributed by atoms with E-state index in [0.717, 1.165) is 19.4 Å². The van der Waals surface area contributed by atoms with Crippen LogP contribution >= 0.6 is 0 Å². The summed E-state index contributed by atoms with van der Waals surface area (Å²) in [7, 11) is 0. The number of hydrogen-bond donors (Lipinski definition) is 3. The second kappa shape index (κ2) is 7.54. The number of carbonyl (C=O) groups excluding carboxylic acids is 2. The average Bonchev–Trinajstić information content (AvgIpc) is 2.51. The third kappa shape index (κ3) is 5.03. The molecule has 6 nitrogen and oxygen atoms in total. The summed E-state index contributed by atoms with van der Waals surface area (Å²) in [5.41, 5.74) is 3.12. The number of carbonyl (C=O) groups is 2. The maximum Gasteiger partial charge on any atom is 0.243 e. The second-order valence-electron chi connectivity index (χ2n) is 8.11. The van der Waals surface area contributed by atoms with Gasteiger partial charge in [0.2, 0.25) is 11.8 Å². The number of nitrogens with two attached hydrogens (primary N) is 1. The summed E-state index contributed by atoms with van der Waals surface area (Å²) < 4.78 is 0. The van der Waals surface area contributed by atoms with Crippen LogP contribution in [0.25, 0.3) is 0 Å². The average molecular weight is 346 g/mol. The van der Waals surface area contributed by atoms with Crippen molar-refractivity contribution in [1.29, 1.82) is 0 Å². The molecule has 1 aromatic rings. The molecule has 25 heavy (non-hydrogen) atoms. The quantitative estimate of drug-likeness (QED) is 0.328. The van der Waals surface area contributed by atoms with E-state index in [-0.39, 0.29) is 29.4 Å². The van der Waals surface area contributed by atoms with Gasteiger partial charge in [-0.05, 0) is 46.1 Å². The third-order valence-electron chi connectivity index (χ3n) is 4.98. The number of nitrogens with one attached hydrogen (secondary N) is 2. The minimum Gasteiger partial charge on any atom is -0.353 e. The maximum atomic E-state index is 12.0. The summed E-state index contributed by atoms with van der Waals surface area (Å²) in [4.78, 5) is 25.8. The van der Waals surface area contributed by atoms with Gasteiger partial charge in [-0.25, -0.2) is 5.84 Å². The molecule has 1 saturated heterocycles. The molecule has 0 aromatic heterocycles. The number of rotatable bonds is 5. The zero-order valence-corrected chi connectivity index (χ0v) is 15.6. The van der Waals surface area contributed by atoms with Gasteiger partial charge in [0.15, 0.2) is 0 Å². The first-order valence-corrected chi connectivity index (χ1v) is 8.74. The van der Waals surface area contributed by atoms with E-state index in [1.165, 1.54) is 5.56 Å². The highest BCUT2D eigenvalue weighted by Crippen LogP contribution is 2.39. The molecule has 1 aliphatic heterocycles. The Kier molecular flexibility index (Phi) is 5.85. The summed E-state index contributed by atoms with van der Waals surface area (Å²) in [5, 5.41) is 3.00. The topological polar surface area (TPSA) is 87.5 Å². The molecule has 0 aliphatic carbocycles. The summed E-state index contributed by atoms with van der Waals surface area (Å²) in [6, 6.07) is 10.5. The molecule has 2 amide bonds. The highest BCUT2D eigenvalue weighted by atomic mass is 16.2. The van der Waals surface area contributed by atoms with Gasteiger partial charge in [-0.15, -0.1) is 0 Å². The zero-order chi connectivity index (χ0) is 18.7. The monoisotopic (exact) mass is 346 g/mol. The van der Waals surface area contributed by atoms with Gasteiger partial charge in [-0.3, -0.25) is 19.9 Å². The minimum absolute atomic E-state index is 0.0371. The van der Waals surface area contributed by atoms with E-state index in [2.05, 4.69) is 62.2 Å². The molecule has 0 bridgehead atoms. The van der Waals surface area contributed by atoms with Crippen LogP contribution in [0, 0.1) is 0 Å². The summed E-state index contributed by atoms with van der Waals surface area (Å²) in [6.07, 6.45) is 1.43. The molecule has 138 valence electrons. The van der Waals surface area contributed by atoms with Crippen molar-refractivity contribution in [2.75, 3.05) is 0 Å². The van der Waals surface area contributed by atoms with Gasteiger partial charge in [-0.2, -0.15) is 0 Å². The molecule has 0 saturated carbocycles. The van der Waals surface area contributed by atoms with Gasteiger partial charge in [0.25, 0.3) is 0 Å². The third-order valence-corrected chi connectivity index (χ3v) is 4.98. The Morgan fingerprint density at radius 2 is 1.64 bits per heavy atom. The molecular formula is C19H30N4O2. The minimum atomic E-state index is -0.475. The first kappa shape index (κ1) is 19.4. The van der Waals surface area contributed by atoms with Crippen molar-refractivity contribution in [1.82, 2.24) is 15.6 Å². The zero-order valence-electron chi connectivity index (χ0n) is 15.6. The van der Waals surface area contributed by atoms with Gasteiger partial charge in [0.1, 0.15) is 6.42 Å². The number of nitrogens with zero attached hydrogens (tertiary/aromatic N) is 1. The largest absolute Gasteiger partial charge is 0.353 e. The van der Waals surface area contributed by atoms with Gasteiger partial charge in [-0.1, -0.05) is 30.3 Å². The Morgan fingerprint density at radius 1 is 1.08 bits per heavy atom. The molecular weight excluding hydrogens is 316 g/mol. The summed E-state index contributed by atoms with van der Waals surface area (Å²) >= 11 is 0. The van der Waals surface area contributed by atoms with Crippen molar-refractivity contribution in [3.8, 4) is 0 Å². The van der Waals surface area contributed by atoms with Crippen LogP contribution in [0.5, 0.6) is 0 Å². The molecule has 2 rings (SSSR count). The molecule has 0 unspecified atom stereocenters. The number of piperidine rings is 1. The Morgan fingerprint density at radius 3 is 2.16 bits per heavy atom. The number of likely N-dealkylation sites (tertiary alicyclic amines) is 1. The molecule has 0 spiro atoms. The van der Waals surface area contributed by atoms with Crippen molar-refractivity contribution < 1.29 is 9.59 Å². The van der Waals surface area contributed by atoms with E-state index in [0.29, 0.717) is 0 Å². The molecule has 4 N–H and O–H groups in total. The fraction of sp³-hybridized carbons (Fsp3) is 0.579. The molecule has 1 heterocycles. The van der Waals surface area contributed by atoms with Gasteiger partial charge in [0.05, 0.1) is 0 Å². The summed E-state index contributed by atoms with van der Waals surface area (Å²) in [6.45, 7) is 9.72. The van der Waals surface area contributed by atoms with Crippen LogP contribution in [-0.2, 0) is 16.1 Å². The van der Waals surface area contributed by atoms with Crippen molar-refractivity contribution >= 4 is 11.8 Å². The van der Waals surface area contributed by atoms with Crippen LogP contribution in [0.4, 0.5) is 0 Å². The molecule has 1 aromatic carbocycles. The van der Waals surface area contributed by atoms with Gasteiger partial charge >= 0.3 is 0 Å². The Hall–Kier alpha value is -1.92. The van der Waals surface area contributed by atoms with Crippen molar-refractivity contribution in [3.63, 3.8) is 0 Å². The Labute approximate surface area is 150 Å². The van der Waals surface area contributed by atoms with E-state index in [4.69, 9.17) is 5.84 Å². The van der Waals surface area contributed by atoms with Gasteiger partial charge in [0, 0.05) is 23.7 Å². The lowest BCUT2D eigenvalue weighted by Gasteiger charge is -2.55. The molecule has 1 aliphatic rings.